The van der Waals surface area contributed by atoms with Crippen molar-refractivity contribution in [3.05, 3.63) is 28.7 Å². The van der Waals surface area contributed by atoms with Crippen LogP contribution in [0.5, 0.6) is 5.75 Å². The number of nitrogens with zero attached hydrogens (tertiary/aromatic N) is 1. The van der Waals surface area contributed by atoms with Crippen LogP contribution < -0.4 is 4.74 Å². The van der Waals surface area contributed by atoms with Gasteiger partial charge >= 0.3 is 0 Å². The molecule has 1 aromatic rings. The minimum Gasteiger partial charge on any atom is -0.492 e. The van der Waals surface area contributed by atoms with Gasteiger partial charge in [-0.3, -0.25) is 4.90 Å². The van der Waals surface area contributed by atoms with Crippen molar-refractivity contribution in [2.24, 2.45) is 5.92 Å². The number of benzene rings is 1. The lowest BCUT2D eigenvalue weighted by Crippen LogP contribution is -2.36. The molecule has 100 valence electrons. The molecule has 0 aromatic heterocycles. The molecule has 0 saturated heterocycles. The van der Waals surface area contributed by atoms with Crippen LogP contribution in [0.4, 0.5) is 0 Å². The molecule has 2 rings (SSSR count). The third-order valence-corrected chi connectivity index (χ3v) is 3.86. The Hall–Kier alpha value is -0.540. The largest absolute Gasteiger partial charge is 0.492 e. The molecule has 1 aliphatic carbocycles. The summed E-state index contributed by atoms with van der Waals surface area (Å²) in [5, 5.41) is 0. The van der Waals surface area contributed by atoms with Gasteiger partial charge in [0, 0.05) is 23.6 Å². The zero-order chi connectivity index (χ0) is 13.0. The fourth-order valence-corrected chi connectivity index (χ4v) is 2.41. The van der Waals surface area contributed by atoms with Crippen LogP contribution in [0.3, 0.4) is 0 Å². The van der Waals surface area contributed by atoms with Gasteiger partial charge in [-0.15, -0.1) is 0 Å². The van der Waals surface area contributed by atoms with E-state index in [1.54, 1.807) is 0 Å². The van der Waals surface area contributed by atoms with Gasteiger partial charge in [-0.25, -0.2) is 0 Å². The molecule has 1 saturated carbocycles. The first kappa shape index (κ1) is 13.9. The lowest BCUT2D eigenvalue weighted by molar-refractivity contribution is 0.170. The summed E-state index contributed by atoms with van der Waals surface area (Å²) in [4.78, 5) is 2.52. The van der Waals surface area contributed by atoms with Crippen LogP contribution in [-0.2, 0) is 0 Å². The predicted octanol–water partition coefficient (Wildman–Crippen LogP) is 3.95. The number of halogens is 1. The molecule has 0 unspecified atom stereocenters. The summed E-state index contributed by atoms with van der Waals surface area (Å²) in [5.74, 6) is 1.89. The smallest absolute Gasteiger partial charge is 0.120 e. The Morgan fingerprint density at radius 1 is 1.39 bits per heavy atom. The molecule has 0 N–H and O–H groups in total. The van der Waals surface area contributed by atoms with Gasteiger partial charge in [0.15, 0.2) is 0 Å². The standard InChI is InChI=1S/C15H22BrNO/c1-12(2)17(11-13-6-7-13)8-9-18-15-5-3-4-14(16)10-15/h3-5,10,12-13H,6-9,11H2,1-2H3. The Labute approximate surface area is 118 Å². The number of hydrogen-bond donors (Lipinski definition) is 0. The van der Waals surface area contributed by atoms with Crippen molar-refractivity contribution in [3.8, 4) is 5.75 Å². The van der Waals surface area contributed by atoms with E-state index in [4.69, 9.17) is 4.74 Å². The maximum Gasteiger partial charge on any atom is 0.120 e. The highest BCUT2D eigenvalue weighted by Crippen LogP contribution is 2.30. The summed E-state index contributed by atoms with van der Waals surface area (Å²) in [5.41, 5.74) is 0. The second-order valence-electron chi connectivity index (χ2n) is 5.34. The van der Waals surface area contributed by atoms with E-state index in [0.29, 0.717) is 6.04 Å². The Balaban J connectivity index is 1.75. The van der Waals surface area contributed by atoms with E-state index < -0.39 is 0 Å². The van der Waals surface area contributed by atoms with Crippen LogP contribution in [0.2, 0.25) is 0 Å². The second kappa shape index (κ2) is 6.58. The van der Waals surface area contributed by atoms with Crippen molar-refractivity contribution in [3.63, 3.8) is 0 Å². The molecule has 3 heteroatoms. The van der Waals surface area contributed by atoms with E-state index in [0.717, 1.165) is 29.3 Å². The molecule has 0 bridgehead atoms. The molecule has 0 aliphatic heterocycles. The van der Waals surface area contributed by atoms with Gasteiger partial charge in [0.05, 0.1) is 0 Å². The second-order valence-corrected chi connectivity index (χ2v) is 6.25. The molecule has 2 nitrogen and oxygen atoms in total. The lowest BCUT2D eigenvalue weighted by atomic mass is 10.2. The topological polar surface area (TPSA) is 12.5 Å². The third kappa shape index (κ3) is 4.62. The van der Waals surface area contributed by atoms with Gasteiger partial charge in [-0.1, -0.05) is 22.0 Å². The van der Waals surface area contributed by atoms with E-state index in [-0.39, 0.29) is 0 Å². The van der Waals surface area contributed by atoms with E-state index in [9.17, 15) is 0 Å². The van der Waals surface area contributed by atoms with Gasteiger partial charge < -0.3 is 4.74 Å². The summed E-state index contributed by atoms with van der Waals surface area (Å²) < 4.78 is 6.87. The Bertz CT molecular complexity index is 377. The van der Waals surface area contributed by atoms with E-state index in [1.165, 1.54) is 19.4 Å². The maximum atomic E-state index is 5.80. The highest BCUT2D eigenvalue weighted by Gasteiger charge is 2.25. The van der Waals surface area contributed by atoms with Crippen molar-refractivity contribution in [2.75, 3.05) is 19.7 Å². The zero-order valence-corrected chi connectivity index (χ0v) is 12.8. The number of hydrogen-bond acceptors (Lipinski definition) is 2. The van der Waals surface area contributed by atoms with Crippen LogP contribution in [0.1, 0.15) is 26.7 Å². The SMILES string of the molecule is CC(C)N(CCOc1cccc(Br)c1)CC1CC1. The minimum absolute atomic E-state index is 0.608. The van der Waals surface area contributed by atoms with Crippen LogP contribution in [0.25, 0.3) is 0 Å². The average Bonchev–Trinajstić information content (AvgIpc) is 3.11. The van der Waals surface area contributed by atoms with Gasteiger partial charge in [0.2, 0.25) is 0 Å². The van der Waals surface area contributed by atoms with Gasteiger partial charge in [0.25, 0.3) is 0 Å². The first-order valence-electron chi connectivity index (χ1n) is 6.77. The van der Waals surface area contributed by atoms with Crippen molar-refractivity contribution in [1.29, 1.82) is 0 Å². The normalized spacial score (nSPS) is 15.4. The Kier molecular flexibility index (Phi) is 5.07. The lowest BCUT2D eigenvalue weighted by Gasteiger charge is -2.26. The molecule has 0 radical (unpaired) electrons. The van der Waals surface area contributed by atoms with Crippen molar-refractivity contribution in [1.82, 2.24) is 4.90 Å². The van der Waals surface area contributed by atoms with Crippen LogP contribution in [-0.4, -0.2) is 30.6 Å². The fraction of sp³-hybridized carbons (Fsp3) is 0.600. The molecule has 18 heavy (non-hydrogen) atoms. The monoisotopic (exact) mass is 311 g/mol. The molecular formula is C15H22BrNO. The highest BCUT2D eigenvalue weighted by atomic mass is 79.9. The zero-order valence-electron chi connectivity index (χ0n) is 11.2. The molecule has 0 spiro atoms. The van der Waals surface area contributed by atoms with Crippen molar-refractivity contribution < 1.29 is 4.74 Å². The van der Waals surface area contributed by atoms with E-state index in [2.05, 4.69) is 34.7 Å². The Morgan fingerprint density at radius 3 is 2.78 bits per heavy atom. The average molecular weight is 312 g/mol. The number of rotatable bonds is 7. The molecule has 1 fully saturated rings. The van der Waals surface area contributed by atoms with Crippen LogP contribution in [0.15, 0.2) is 28.7 Å². The number of ether oxygens (including phenoxy) is 1. The quantitative estimate of drug-likeness (QED) is 0.756. The van der Waals surface area contributed by atoms with Gasteiger partial charge in [-0.2, -0.15) is 0 Å². The van der Waals surface area contributed by atoms with Crippen LogP contribution in [0, 0.1) is 5.92 Å². The Morgan fingerprint density at radius 2 is 2.17 bits per heavy atom. The van der Waals surface area contributed by atoms with Gasteiger partial charge in [0.1, 0.15) is 12.4 Å². The molecule has 0 atom stereocenters. The maximum absolute atomic E-state index is 5.80. The first-order valence-corrected chi connectivity index (χ1v) is 7.57. The molecule has 1 aromatic carbocycles. The summed E-state index contributed by atoms with van der Waals surface area (Å²) in [6, 6.07) is 8.65. The predicted molar refractivity (Wildman–Crippen MR) is 79.1 cm³/mol. The van der Waals surface area contributed by atoms with Crippen molar-refractivity contribution in [2.45, 2.75) is 32.7 Å². The summed E-state index contributed by atoms with van der Waals surface area (Å²) in [7, 11) is 0. The summed E-state index contributed by atoms with van der Waals surface area (Å²) in [6.07, 6.45) is 2.82. The molecular weight excluding hydrogens is 290 g/mol. The van der Waals surface area contributed by atoms with E-state index in [1.807, 2.05) is 24.3 Å². The first-order chi connectivity index (χ1) is 8.65. The minimum atomic E-state index is 0.608. The summed E-state index contributed by atoms with van der Waals surface area (Å²) >= 11 is 3.46. The van der Waals surface area contributed by atoms with Gasteiger partial charge in [-0.05, 0) is 50.8 Å². The highest BCUT2D eigenvalue weighted by molar-refractivity contribution is 9.10. The molecule has 1 aliphatic rings. The summed E-state index contributed by atoms with van der Waals surface area (Å²) in [6.45, 7) is 7.55. The van der Waals surface area contributed by atoms with Crippen molar-refractivity contribution >= 4 is 15.9 Å². The fourth-order valence-electron chi connectivity index (χ4n) is 2.03. The third-order valence-electron chi connectivity index (χ3n) is 3.36. The van der Waals surface area contributed by atoms with E-state index >= 15 is 0 Å². The van der Waals surface area contributed by atoms with Crippen LogP contribution >= 0.6 is 15.9 Å². The molecule has 0 amide bonds. The molecule has 0 heterocycles.